The SMILES string of the molecule is O=C1NCCc2ccc(NC(=O)[C@H]3[C@@H](C(=O)O)[C@H]4C=C[C@H]3C4)cc21. The Morgan fingerprint density at radius 2 is 1.92 bits per heavy atom. The maximum atomic E-state index is 12.7. The van der Waals surface area contributed by atoms with Gasteiger partial charge in [0.15, 0.2) is 0 Å². The van der Waals surface area contributed by atoms with E-state index in [-0.39, 0.29) is 23.7 Å². The Labute approximate surface area is 138 Å². The van der Waals surface area contributed by atoms with Crippen LogP contribution in [0.15, 0.2) is 30.4 Å². The highest BCUT2D eigenvalue weighted by molar-refractivity contribution is 6.00. The molecule has 2 aliphatic carbocycles. The van der Waals surface area contributed by atoms with Gasteiger partial charge in [-0.05, 0) is 42.4 Å². The quantitative estimate of drug-likeness (QED) is 0.732. The largest absolute Gasteiger partial charge is 0.481 e. The molecule has 1 aromatic carbocycles. The molecule has 1 fully saturated rings. The molecule has 1 saturated carbocycles. The Bertz CT molecular complexity index is 770. The minimum atomic E-state index is -0.920. The number of allylic oxidation sites excluding steroid dienone is 2. The van der Waals surface area contributed by atoms with Crippen LogP contribution >= 0.6 is 0 Å². The molecule has 4 rings (SSSR count). The van der Waals surface area contributed by atoms with E-state index in [0.29, 0.717) is 17.8 Å². The second kappa shape index (κ2) is 5.47. The molecule has 0 spiro atoms. The van der Waals surface area contributed by atoms with Gasteiger partial charge in [0.2, 0.25) is 5.91 Å². The lowest BCUT2D eigenvalue weighted by atomic mass is 9.82. The monoisotopic (exact) mass is 326 g/mol. The highest BCUT2D eigenvalue weighted by atomic mass is 16.4. The molecule has 0 aromatic heterocycles. The number of amides is 2. The van der Waals surface area contributed by atoms with Crippen molar-refractivity contribution in [2.45, 2.75) is 12.8 Å². The Hall–Kier alpha value is -2.63. The summed E-state index contributed by atoms with van der Waals surface area (Å²) in [6.45, 7) is 0.620. The average Bonchev–Trinajstić information content (AvgIpc) is 3.16. The predicted molar refractivity (Wildman–Crippen MR) is 86.5 cm³/mol. The van der Waals surface area contributed by atoms with Crippen LogP contribution in [0.1, 0.15) is 22.3 Å². The lowest BCUT2D eigenvalue weighted by molar-refractivity contribution is -0.146. The number of hydrogen-bond acceptors (Lipinski definition) is 3. The molecule has 3 aliphatic rings. The predicted octanol–water partition coefficient (Wildman–Crippen LogP) is 1.43. The fraction of sp³-hybridized carbons (Fsp3) is 0.389. The molecule has 0 radical (unpaired) electrons. The summed E-state index contributed by atoms with van der Waals surface area (Å²) in [7, 11) is 0. The van der Waals surface area contributed by atoms with E-state index in [2.05, 4.69) is 10.6 Å². The molecule has 1 aromatic rings. The molecule has 2 amide bonds. The summed E-state index contributed by atoms with van der Waals surface area (Å²) in [6.07, 6.45) is 5.36. The van der Waals surface area contributed by atoms with Gasteiger partial charge in [0.1, 0.15) is 0 Å². The summed E-state index contributed by atoms with van der Waals surface area (Å²) in [5.41, 5.74) is 2.07. The van der Waals surface area contributed by atoms with Gasteiger partial charge < -0.3 is 15.7 Å². The molecule has 1 heterocycles. The Kier molecular flexibility index (Phi) is 3.40. The maximum absolute atomic E-state index is 12.7. The van der Waals surface area contributed by atoms with Crippen molar-refractivity contribution in [3.05, 3.63) is 41.5 Å². The number of carbonyl (C=O) groups excluding carboxylic acids is 2. The van der Waals surface area contributed by atoms with Crippen LogP contribution in [-0.4, -0.2) is 29.4 Å². The molecular weight excluding hydrogens is 308 g/mol. The molecule has 1 aliphatic heterocycles. The third kappa shape index (κ3) is 2.29. The van der Waals surface area contributed by atoms with Gasteiger partial charge in [-0.25, -0.2) is 0 Å². The lowest BCUT2D eigenvalue weighted by Gasteiger charge is -2.24. The van der Waals surface area contributed by atoms with Crippen LogP contribution in [0, 0.1) is 23.7 Å². The summed E-state index contributed by atoms with van der Waals surface area (Å²) in [6, 6.07) is 5.29. The number of carboxylic acid groups (broad SMARTS) is 1. The fourth-order valence-electron chi connectivity index (χ4n) is 4.23. The summed E-state index contributed by atoms with van der Waals surface area (Å²) < 4.78 is 0. The van der Waals surface area contributed by atoms with E-state index in [1.807, 2.05) is 18.2 Å². The zero-order valence-corrected chi connectivity index (χ0v) is 13.0. The Balaban J connectivity index is 1.56. The maximum Gasteiger partial charge on any atom is 0.307 e. The number of aliphatic carboxylic acids is 1. The number of anilines is 1. The second-order valence-electron chi connectivity index (χ2n) is 6.71. The first-order valence-corrected chi connectivity index (χ1v) is 8.17. The van der Waals surface area contributed by atoms with Gasteiger partial charge in [-0.2, -0.15) is 0 Å². The highest BCUT2D eigenvalue weighted by Crippen LogP contribution is 2.48. The van der Waals surface area contributed by atoms with Gasteiger partial charge in [0.05, 0.1) is 11.8 Å². The number of benzene rings is 1. The van der Waals surface area contributed by atoms with E-state index in [4.69, 9.17) is 0 Å². The number of carboxylic acids is 1. The first-order chi connectivity index (χ1) is 11.5. The van der Waals surface area contributed by atoms with Gasteiger partial charge in [-0.3, -0.25) is 14.4 Å². The molecule has 0 unspecified atom stereocenters. The minimum Gasteiger partial charge on any atom is -0.481 e. The number of carbonyl (C=O) groups is 3. The van der Waals surface area contributed by atoms with Crippen molar-refractivity contribution in [3.63, 3.8) is 0 Å². The van der Waals surface area contributed by atoms with Crippen molar-refractivity contribution < 1.29 is 19.5 Å². The van der Waals surface area contributed by atoms with Crippen LogP contribution < -0.4 is 10.6 Å². The first-order valence-electron chi connectivity index (χ1n) is 8.17. The van der Waals surface area contributed by atoms with Crippen LogP contribution in [0.4, 0.5) is 5.69 Å². The summed E-state index contributed by atoms with van der Waals surface area (Å²) in [5, 5.41) is 15.0. The van der Waals surface area contributed by atoms with Crippen LogP contribution in [0.2, 0.25) is 0 Å². The van der Waals surface area contributed by atoms with Crippen molar-refractivity contribution in [1.82, 2.24) is 5.32 Å². The molecule has 6 nitrogen and oxygen atoms in total. The van der Waals surface area contributed by atoms with E-state index in [0.717, 1.165) is 18.4 Å². The van der Waals surface area contributed by atoms with Gasteiger partial charge in [0.25, 0.3) is 5.91 Å². The van der Waals surface area contributed by atoms with Crippen molar-refractivity contribution in [2.24, 2.45) is 23.7 Å². The van der Waals surface area contributed by atoms with Gasteiger partial charge in [-0.15, -0.1) is 0 Å². The molecule has 24 heavy (non-hydrogen) atoms. The van der Waals surface area contributed by atoms with Crippen LogP contribution in [-0.2, 0) is 16.0 Å². The van der Waals surface area contributed by atoms with Crippen LogP contribution in [0.25, 0.3) is 0 Å². The molecule has 0 saturated heterocycles. The molecule has 3 N–H and O–H groups in total. The van der Waals surface area contributed by atoms with E-state index in [1.54, 1.807) is 12.1 Å². The summed E-state index contributed by atoms with van der Waals surface area (Å²) in [4.78, 5) is 36.1. The van der Waals surface area contributed by atoms with Crippen molar-refractivity contribution in [1.29, 1.82) is 0 Å². The molecule has 124 valence electrons. The van der Waals surface area contributed by atoms with Crippen LogP contribution in [0.5, 0.6) is 0 Å². The lowest BCUT2D eigenvalue weighted by Crippen LogP contribution is -2.36. The zero-order chi connectivity index (χ0) is 16.8. The van der Waals surface area contributed by atoms with E-state index in [9.17, 15) is 19.5 Å². The topological polar surface area (TPSA) is 95.5 Å². The van der Waals surface area contributed by atoms with Crippen molar-refractivity contribution in [3.8, 4) is 0 Å². The third-order valence-electron chi connectivity index (χ3n) is 5.35. The first kappa shape index (κ1) is 14.9. The van der Waals surface area contributed by atoms with Gasteiger partial charge in [-0.1, -0.05) is 18.2 Å². The Morgan fingerprint density at radius 1 is 1.17 bits per heavy atom. The molecular formula is C18H18N2O4. The number of fused-ring (bicyclic) bond motifs is 3. The smallest absolute Gasteiger partial charge is 0.307 e. The van der Waals surface area contributed by atoms with E-state index >= 15 is 0 Å². The molecule has 4 atom stereocenters. The number of hydrogen-bond donors (Lipinski definition) is 3. The highest BCUT2D eigenvalue weighted by Gasteiger charge is 2.51. The normalized spacial score (nSPS) is 29.9. The number of rotatable bonds is 3. The second-order valence-corrected chi connectivity index (χ2v) is 6.71. The van der Waals surface area contributed by atoms with Gasteiger partial charge >= 0.3 is 5.97 Å². The zero-order valence-electron chi connectivity index (χ0n) is 13.0. The summed E-state index contributed by atoms with van der Waals surface area (Å²) >= 11 is 0. The minimum absolute atomic E-state index is 0.0166. The van der Waals surface area contributed by atoms with Crippen molar-refractivity contribution in [2.75, 3.05) is 11.9 Å². The summed E-state index contributed by atoms with van der Waals surface area (Å²) in [5.74, 6) is -2.64. The molecule has 6 heteroatoms. The van der Waals surface area contributed by atoms with E-state index < -0.39 is 17.8 Å². The van der Waals surface area contributed by atoms with E-state index in [1.165, 1.54) is 0 Å². The fourth-order valence-corrected chi connectivity index (χ4v) is 4.23. The van der Waals surface area contributed by atoms with Crippen LogP contribution in [0.3, 0.4) is 0 Å². The van der Waals surface area contributed by atoms with Gasteiger partial charge in [0, 0.05) is 17.8 Å². The standard InChI is InChI=1S/C18H18N2O4/c21-16-13-8-12(4-3-9(13)5-6-19-16)20-17(22)14-10-1-2-11(7-10)15(14)18(23)24/h1-4,8,10-11,14-15H,5-7H2,(H,19,21)(H,20,22)(H,23,24)/t10-,11-,14+,15-/m0/s1. The average molecular weight is 326 g/mol. The number of nitrogens with one attached hydrogen (secondary N) is 2. The third-order valence-corrected chi connectivity index (χ3v) is 5.35. The molecule has 2 bridgehead atoms. The Morgan fingerprint density at radius 3 is 2.67 bits per heavy atom. The van der Waals surface area contributed by atoms with Crippen molar-refractivity contribution >= 4 is 23.5 Å².